The van der Waals surface area contributed by atoms with Crippen molar-refractivity contribution in [2.24, 2.45) is 0 Å². The van der Waals surface area contributed by atoms with E-state index in [2.05, 4.69) is 10.6 Å². The molecule has 0 atom stereocenters. The summed E-state index contributed by atoms with van der Waals surface area (Å²) in [4.78, 5) is 80.5. The van der Waals surface area contributed by atoms with Crippen molar-refractivity contribution < 1.29 is 28.8 Å². The number of benzene rings is 4. The molecule has 9 heteroatoms. The van der Waals surface area contributed by atoms with E-state index in [1.165, 1.54) is 12.1 Å². The number of hydrogen-bond donors (Lipinski definition) is 2. The summed E-state index contributed by atoms with van der Waals surface area (Å²) in [6.45, 7) is 1.67. The van der Waals surface area contributed by atoms with Crippen LogP contribution < -0.4 is 10.6 Å². The molecule has 0 heterocycles. The zero-order chi connectivity index (χ0) is 29.7. The number of nitrogens with one attached hydrogen (secondary N) is 2. The first-order valence-corrected chi connectivity index (χ1v) is 14.7. The molecule has 4 aromatic rings. The fourth-order valence-electron chi connectivity index (χ4n) is 5.53. The van der Waals surface area contributed by atoms with Gasteiger partial charge in [0.05, 0.1) is 26.9 Å². The van der Waals surface area contributed by atoms with Crippen molar-refractivity contribution in [3.05, 3.63) is 117 Å². The summed E-state index contributed by atoms with van der Waals surface area (Å²) in [7, 11) is 0. The molecule has 42 heavy (non-hydrogen) atoms. The average Bonchev–Trinajstić information content (AvgIpc) is 3.02. The van der Waals surface area contributed by atoms with Crippen LogP contribution in [0.4, 0.5) is 11.4 Å². The third-order valence-electron chi connectivity index (χ3n) is 7.43. The molecular formula is C33H21IN2O6. The molecular weight excluding hydrogens is 647 g/mol. The molecule has 8 nitrogen and oxygen atoms in total. The molecule has 0 unspecified atom stereocenters. The Kier molecular flexibility index (Phi) is 6.90. The summed E-state index contributed by atoms with van der Waals surface area (Å²) in [5.74, 6) is -2.48. The first kappa shape index (κ1) is 27.4. The molecule has 0 saturated heterocycles. The number of carbonyl (C=O) groups excluding carboxylic acids is 6. The number of hydrogen-bond acceptors (Lipinski definition) is 6. The summed E-state index contributed by atoms with van der Waals surface area (Å²) in [6, 6.07) is 19.0. The Balaban J connectivity index is 1.67. The van der Waals surface area contributed by atoms with Gasteiger partial charge in [0.1, 0.15) is 0 Å². The highest BCUT2D eigenvalue weighted by Crippen LogP contribution is 2.43. The van der Waals surface area contributed by atoms with E-state index in [-0.39, 0.29) is 89.7 Å². The molecule has 206 valence electrons. The van der Waals surface area contributed by atoms with Gasteiger partial charge in [-0.25, -0.2) is 0 Å². The van der Waals surface area contributed by atoms with Gasteiger partial charge < -0.3 is 10.6 Å². The molecule has 2 aliphatic rings. The van der Waals surface area contributed by atoms with Gasteiger partial charge in [-0.05, 0) is 23.3 Å². The van der Waals surface area contributed by atoms with Crippen LogP contribution in [0.15, 0.2) is 72.8 Å². The molecule has 2 amide bonds. The number of fused-ring (bicyclic) bond motifs is 4. The van der Waals surface area contributed by atoms with Crippen LogP contribution in [0.1, 0.15) is 77.0 Å². The lowest BCUT2D eigenvalue weighted by molar-refractivity contribution is -0.116. The minimum absolute atomic E-state index is 0.0153. The fourth-order valence-corrected chi connectivity index (χ4v) is 5.72. The van der Waals surface area contributed by atoms with E-state index in [1.54, 1.807) is 67.6 Å². The summed E-state index contributed by atoms with van der Waals surface area (Å²) in [5.41, 5.74) is 1.77. The smallest absolute Gasteiger partial charge is 0.234 e. The topological polar surface area (TPSA) is 126 Å². The Labute approximate surface area is 253 Å². The fraction of sp³-hybridized carbons (Fsp3) is 0.0909. The van der Waals surface area contributed by atoms with Crippen LogP contribution in [0.5, 0.6) is 0 Å². The summed E-state index contributed by atoms with van der Waals surface area (Å²) in [6.07, 6.45) is 0.156. The quantitative estimate of drug-likeness (QED) is 0.181. The maximum atomic E-state index is 14.0. The zero-order valence-corrected chi connectivity index (χ0v) is 24.3. The number of alkyl halides is 1. The van der Waals surface area contributed by atoms with E-state index in [9.17, 15) is 28.8 Å². The third-order valence-corrected chi connectivity index (χ3v) is 8.13. The molecule has 6 rings (SSSR count). The number of halogens is 1. The van der Waals surface area contributed by atoms with E-state index in [4.69, 9.17) is 0 Å². The van der Waals surface area contributed by atoms with Crippen molar-refractivity contribution in [2.45, 2.75) is 13.3 Å². The molecule has 0 bridgehead atoms. The molecule has 0 radical (unpaired) electrons. The molecule has 0 spiro atoms. The van der Waals surface area contributed by atoms with Crippen LogP contribution in [0.25, 0.3) is 11.1 Å². The summed E-state index contributed by atoms with van der Waals surface area (Å²) in [5, 5.41) is 5.45. The minimum atomic E-state index is -0.451. The number of ketones is 4. The van der Waals surface area contributed by atoms with Crippen LogP contribution in [-0.4, -0.2) is 39.4 Å². The van der Waals surface area contributed by atoms with Gasteiger partial charge in [0.2, 0.25) is 11.8 Å². The second-order valence-electron chi connectivity index (χ2n) is 9.81. The van der Waals surface area contributed by atoms with Crippen molar-refractivity contribution in [3.8, 4) is 11.1 Å². The molecule has 4 aromatic carbocycles. The molecule has 0 saturated carbocycles. The number of carbonyl (C=O) groups is 6. The van der Waals surface area contributed by atoms with Crippen LogP contribution in [0, 0.1) is 0 Å². The van der Waals surface area contributed by atoms with E-state index < -0.39 is 23.1 Å². The SMILES string of the molecule is CCC(=O)Nc1ccc(-c2ccc(NC(=O)CI)c3c2C(=O)c2ccccc2C3=O)c2c1C(=O)c1ccccc1C2=O. The van der Waals surface area contributed by atoms with Gasteiger partial charge in [-0.15, -0.1) is 0 Å². The van der Waals surface area contributed by atoms with Gasteiger partial charge in [-0.3, -0.25) is 28.8 Å². The molecule has 0 aromatic heterocycles. The molecule has 2 N–H and O–H groups in total. The lowest BCUT2D eigenvalue weighted by atomic mass is 9.75. The first-order valence-electron chi connectivity index (χ1n) is 13.1. The molecule has 0 fully saturated rings. The monoisotopic (exact) mass is 668 g/mol. The standard InChI is InChI=1S/C33H21IN2O6/c1-2-24(37)35-22-13-11-16(26-28(22)32(41)20-9-5-3-7-18(20)30(26)39)17-12-14-23(36-25(38)15-34)29-27(17)31(40)19-8-4-6-10-21(19)33(29)42/h3-14H,2,15H2,1H3,(H,35,37)(H,36,38). The minimum Gasteiger partial charge on any atom is -0.325 e. The Bertz CT molecular complexity index is 1790. The van der Waals surface area contributed by atoms with Crippen LogP contribution in [-0.2, 0) is 9.59 Å². The van der Waals surface area contributed by atoms with Crippen LogP contribution in [0.3, 0.4) is 0 Å². The second-order valence-corrected chi connectivity index (χ2v) is 10.6. The van der Waals surface area contributed by atoms with Crippen molar-refractivity contribution in [1.29, 1.82) is 0 Å². The van der Waals surface area contributed by atoms with Crippen LogP contribution in [0.2, 0.25) is 0 Å². The maximum Gasteiger partial charge on any atom is 0.234 e. The van der Waals surface area contributed by atoms with Crippen LogP contribution >= 0.6 is 22.6 Å². The van der Waals surface area contributed by atoms with E-state index in [1.807, 2.05) is 22.6 Å². The van der Waals surface area contributed by atoms with E-state index >= 15 is 0 Å². The first-order chi connectivity index (χ1) is 20.3. The van der Waals surface area contributed by atoms with Gasteiger partial charge in [0.25, 0.3) is 0 Å². The van der Waals surface area contributed by atoms with Crippen molar-refractivity contribution in [1.82, 2.24) is 0 Å². The van der Waals surface area contributed by atoms with Crippen molar-refractivity contribution in [3.63, 3.8) is 0 Å². The summed E-state index contributed by atoms with van der Waals surface area (Å²) >= 11 is 1.90. The second kappa shape index (κ2) is 10.6. The number of amides is 2. The molecule has 2 aliphatic carbocycles. The molecule has 0 aliphatic heterocycles. The Morgan fingerprint density at radius 1 is 0.524 bits per heavy atom. The normalized spacial score (nSPS) is 13.1. The Hall–Kier alpha value is -4.77. The van der Waals surface area contributed by atoms with Gasteiger partial charge in [0, 0.05) is 39.8 Å². The highest BCUT2D eigenvalue weighted by molar-refractivity contribution is 14.1. The number of rotatable bonds is 5. The van der Waals surface area contributed by atoms with Crippen molar-refractivity contribution in [2.75, 3.05) is 15.1 Å². The van der Waals surface area contributed by atoms with Crippen molar-refractivity contribution >= 4 is 68.9 Å². The van der Waals surface area contributed by atoms with Gasteiger partial charge >= 0.3 is 0 Å². The van der Waals surface area contributed by atoms with E-state index in [0.29, 0.717) is 0 Å². The number of anilines is 2. The highest BCUT2D eigenvalue weighted by Gasteiger charge is 2.38. The predicted molar refractivity (Wildman–Crippen MR) is 165 cm³/mol. The average molecular weight is 668 g/mol. The lowest BCUT2D eigenvalue weighted by Crippen LogP contribution is -2.27. The van der Waals surface area contributed by atoms with E-state index in [0.717, 1.165) is 0 Å². The zero-order valence-electron chi connectivity index (χ0n) is 22.2. The Morgan fingerprint density at radius 2 is 0.881 bits per heavy atom. The maximum absolute atomic E-state index is 14.0. The predicted octanol–water partition coefficient (Wildman–Crippen LogP) is 5.63. The summed E-state index contributed by atoms with van der Waals surface area (Å²) < 4.78 is 0.126. The van der Waals surface area contributed by atoms with Gasteiger partial charge in [-0.1, -0.05) is 90.2 Å². The van der Waals surface area contributed by atoms with Gasteiger partial charge in [-0.2, -0.15) is 0 Å². The Morgan fingerprint density at radius 3 is 1.24 bits per heavy atom. The largest absolute Gasteiger partial charge is 0.325 e. The third kappa shape index (κ3) is 4.19. The van der Waals surface area contributed by atoms with Gasteiger partial charge in [0.15, 0.2) is 23.1 Å². The highest BCUT2D eigenvalue weighted by atomic mass is 127. The lowest BCUT2D eigenvalue weighted by Gasteiger charge is -2.26.